The van der Waals surface area contributed by atoms with Crippen molar-refractivity contribution in [2.75, 3.05) is 0 Å². The first-order valence-corrected chi connectivity index (χ1v) is 6.12. The van der Waals surface area contributed by atoms with Crippen LogP contribution in [0.25, 0.3) is 0 Å². The van der Waals surface area contributed by atoms with E-state index in [1.807, 2.05) is 6.92 Å². The molecule has 0 fully saturated rings. The molecule has 0 aliphatic carbocycles. The molecular weight excluding hydrogens is 280 g/mol. The molecule has 1 N–H and O–H groups in total. The zero-order chi connectivity index (χ0) is 11.4. The van der Waals surface area contributed by atoms with Crippen LogP contribution in [0.3, 0.4) is 0 Å². The number of hydrogen-bond acceptors (Lipinski definition) is 3. The van der Waals surface area contributed by atoms with Crippen LogP contribution in [-0.4, -0.2) is 16.9 Å². The summed E-state index contributed by atoms with van der Waals surface area (Å²) in [5.74, 6) is -0.832. The van der Waals surface area contributed by atoms with E-state index in [4.69, 9.17) is 5.11 Å². The first kappa shape index (κ1) is 12.4. The third-order valence-electron chi connectivity index (χ3n) is 1.93. The van der Waals surface area contributed by atoms with Gasteiger partial charge in [0, 0.05) is 22.2 Å². The van der Waals surface area contributed by atoms with Gasteiger partial charge in [-0.3, -0.25) is 9.59 Å². The summed E-state index contributed by atoms with van der Waals surface area (Å²) in [6.07, 6.45) is 0.763. The predicted molar refractivity (Wildman–Crippen MR) is 62.6 cm³/mol. The third-order valence-corrected chi connectivity index (χ3v) is 4.10. The first-order valence-electron chi connectivity index (χ1n) is 4.51. The highest BCUT2D eigenvalue weighted by molar-refractivity contribution is 9.10. The summed E-state index contributed by atoms with van der Waals surface area (Å²) in [6, 6.07) is 1.79. The normalized spacial score (nSPS) is 10.3. The molecule has 3 nitrogen and oxygen atoms in total. The molecule has 0 saturated heterocycles. The SMILES string of the molecule is Cc1sc(C(=O)CCCC(=O)O)cc1Br. The van der Waals surface area contributed by atoms with Crippen molar-refractivity contribution >= 4 is 39.0 Å². The lowest BCUT2D eigenvalue weighted by Gasteiger charge is -1.95. The molecule has 15 heavy (non-hydrogen) atoms. The fourth-order valence-corrected chi connectivity index (χ4v) is 2.62. The third kappa shape index (κ3) is 3.76. The number of thiophene rings is 1. The van der Waals surface area contributed by atoms with Crippen molar-refractivity contribution < 1.29 is 14.7 Å². The van der Waals surface area contributed by atoms with Crippen molar-refractivity contribution in [3.63, 3.8) is 0 Å². The first-order chi connectivity index (χ1) is 7.00. The Hall–Kier alpha value is -0.680. The van der Waals surface area contributed by atoms with Gasteiger partial charge in [0.1, 0.15) is 0 Å². The molecule has 0 aliphatic rings. The van der Waals surface area contributed by atoms with Gasteiger partial charge in [-0.2, -0.15) is 0 Å². The Morgan fingerprint density at radius 1 is 1.47 bits per heavy atom. The van der Waals surface area contributed by atoms with Crippen LogP contribution in [-0.2, 0) is 4.79 Å². The van der Waals surface area contributed by atoms with E-state index in [-0.39, 0.29) is 12.2 Å². The summed E-state index contributed by atoms with van der Waals surface area (Å²) in [7, 11) is 0. The number of rotatable bonds is 5. The van der Waals surface area contributed by atoms with Gasteiger partial charge in [-0.1, -0.05) is 0 Å². The van der Waals surface area contributed by atoms with Crippen molar-refractivity contribution in [1.82, 2.24) is 0 Å². The summed E-state index contributed by atoms with van der Waals surface area (Å²) in [6.45, 7) is 1.93. The Kier molecular flexibility index (Phi) is 4.47. The number of carboxylic acid groups (broad SMARTS) is 1. The molecule has 0 saturated carbocycles. The average Bonchev–Trinajstić information content (AvgIpc) is 2.46. The minimum atomic E-state index is -0.855. The van der Waals surface area contributed by atoms with Gasteiger partial charge in [0.15, 0.2) is 5.78 Å². The molecule has 0 unspecified atom stereocenters. The van der Waals surface area contributed by atoms with E-state index >= 15 is 0 Å². The summed E-state index contributed by atoms with van der Waals surface area (Å²) in [5.41, 5.74) is 0. The van der Waals surface area contributed by atoms with Crippen molar-refractivity contribution in [2.24, 2.45) is 0 Å². The van der Waals surface area contributed by atoms with Crippen LogP contribution < -0.4 is 0 Å². The van der Waals surface area contributed by atoms with Crippen molar-refractivity contribution in [1.29, 1.82) is 0 Å². The van der Waals surface area contributed by atoms with Crippen LogP contribution in [0.5, 0.6) is 0 Å². The highest BCUT2D eigenvalue weighted by Gasteiger charge is 2.11. The van der Waals surface area contributed by atoms with Crippen molar-refractivity contribution in [2.45, 2.75) is 26.2 Å². The molecule has 1 heterocycles. The van der Waals surface area contributed by atoms with E-state index in [9.17, 15) is 9.59 Å². The Labute approximate surface area is 100 Å². The number of carbonyl (C=O) groups excluding carboxylic acids is 1. The molecular formula is C10H11BrO3S. The quantitative estimate of drug-likeness (QED) is 0.847. The maximum Gasteiger partial charge on any atom is 0.303 e. The molecule has 1 rings (SSSR count). The number of halogens is 1. The number of ketones is 1. The van der Waals surface area contributed by atoms with E-state index in [1.165, 1.54) is 11.3 Å². The highest BCUT2D eigenvalue weighted by atomic mass is 79.9. The second-order valence-corrected chi connectivity index (χ2v) is 5.30. The van der Waals surface area contributed by atoms with Gasteiger partial charge in [-0.15, -0.1) is 11.3 Å². The number of aryl methyl sites for hydroxylation is 1. The largest absolute Gasteiger partial charge is 0.481 e. The summed E-state index contributed by atoms with van der Waals surface area (Å²) in [5, 5.41) is 8.43. The Balaban J connectivity index is 2.50. The summed E-state index contributed by atoms with van der Waals surface area (Å²) >= 11 is 4.78. The number of hydrogen-bond donors (Lipinski definition) is 1. The zero-order valence-corrected chi connectivity index (χ0v) is 10.7. The van der Waals surface area contributed by atoms with Gasteiger partial charge in [0.25, 0.3) is 0 Å². The minimum absolute atomic E-state index is 0.0232. The zero-order valence-electron chi connectivity index (χ0n) is 8.25. The van der Waals surface area contributed by atoms with Gasteiger partial charge < -0.3 is 5.11 Å². The monoisotopic (exact) mass is 290 g/mol. The van der Waals surface area contributed by atoms with E-state index in [1.54, 1.807) is 6.07 Å². The lowest BCUT2D eigenvalue weighted by Crippen LogP contribution is -1.99. The molecule has 0 aromatic carbocycles. The van der Waals surface area contributed by atoms with E-state index in [0.717, 1.165) is 9.35 Å². The lowest BCUT2D eigenvalue weighted by molar-refractivity contribution is -0.137. The number of carboxylic acids is 1. The molecule has 1 aromatic rings. The molecule has 0 radical (unpaired) electrons. The van der Waals surface area contributed by atoms with Crippen LogP contribution in [0, 0.1) is 6.92 Å². The number of aliphatic carboxylic acids is 1. The maximum atomic E-state index is 11.6. The number of carbonyl (C=O) groups is 2. The number of Topliss-reactive ketones (excluding diaryl/α,β-unsaturated/α-hetero) is 1. The Bertz CT molecular complexity index is 365. The van der Waals surface area contributed by atoms with Crippen LogP contribution in [0.1, 0.15) is 33.8 Å². The fourth-order valence-electron chi connectivity index (χ4n) is 1.12. The maximum absolute atomic E-state index is 11.6. The molecule has 1 aromatic heterocycles. The van der Waals surface area contributed by atoms with Gasteiger partial charge in [-0.05, 0) is 35.3 Å². The highest BCUT2D eigenvalue weighted by Crippen LogP contribution is 2.27. The molecule has 0 atom stereocenters. The van der Waals surface area contributed by atoms with Gasteiger partial charge in [0.2, 0.25) is 0 Å². The van der Waals surface area contributed by atoms with Crippen molar-refractivity contribution in [3.8, 4) is 0 Å². The van der Waals surface area contributed by atoms with Gasteiger partial charge in [-0.25, -0.2) is 0 Å². The van der Waals surface area contributed by atoms with E-state index in [0.29, 0.717) is 17.7 Å². The minimum Gasteiger partial charge on any atom is -0.481 e. The molecule has 0 aliphatic heterocycles. The molecule has 0 amide bonds. The second-order valence-electron chi connectivity index (χ2n) is 3.19. The van der Waals surface area contributed by atoms with Crippen LogP contribution >= 0.6 is 27.3 Å². The standard InChI is InChI=1S/C10H11BrO3S/c1-6-7(11)5-9(15-6)8(12)3-2-4-10(13)14/h5H,2-4H2,1H3,(H,13,14). The van der Waals surface area contributed by atoms with Crippen molar-refractivity contribution in [3.05, 3.63) is 20.3 Å². The molecule has 5 heteroatoms. The Morgan fingerprint density at radius 3 is 2.60 bits per heavy atom. The van der Waals surface area contributed by atoms with Gasteiger partial charge >= 0.3 is 5.97 Å². The second kappa shape index (κ2) is 5.42. The molecule has 82 valence electrons. The van der Waals surface area contributed by atoms with E-state index in [2.05, 4.69) is 15.9 Å². The molecule has 0 bridgehead atoms. The van der Waals surface area contributed by atoms with E-state index < -0.39 is 5.97 Å². The Morgan fingerprint density at radius 2 is 2.13 bits per heavy atom. The van der Waals surface area contributed by atoms with Crippen LogP contribution in [0.2, 0.25) is 0 Å². The lowest BCUT2D eigenvalue weighted by atomic mass is 10.1. The van der Waals surface area contributed by atoms with Gasteiger partial charge in [0.05, 0.1) is 4.88 Å². The topological polar surface area (TPSA) is 54.4 Å². The van der Waals surface area contributed by atoms with Crippen LogP contribution in [0.4, 0.5) is 0 Å². The van der Waals surface area contributed by atoms with Crippen LogP contribution in [0.15, 0.2) is 10.5 Å². The average molecular weight is 291 g/mol. The summed E-state index contributed by atoms with van der Waals surface area (Å²) in [4.78, 5) is 23.6. The molecule has 0 spiro atoms. The predicted octanol–water partition coefficient (Wildman–Crippen LogP) is 3.26. The fraction of sp³-hybridized carbons (Fsp3) is 0.400. The smallest absolute Gasteiger partial charge is 0.303 e. The summed E-state index contributed by atoms with van der Waals surface area (Å²) < 4.78 is 0.939.